The molecule has 9 heteroatoms. The van der Waals surface area contributed by atoms with Crippen molar-refractivity contribution >= 4 is 42.1 Å². The molecule has 0 fully saturated rings. The molecule has 1 amide bonds. The largest absolute Gasteiger partial charge is 0.492 e. The van der Waals surface area contributed by atoms with Crippen molar-refractivity contribution in [1.29, 1.82) is 0 Å². The van der Waals surface area contributed by atoms with Gasteiger partial charge in [0.25, 0.3) is 5.91 Å². The van der Waals surface area contributed by atoms with Crippen LogP contribution in [0.25, 0.3) is 0 Å². The highest BCUT2D eigenvalue weighted by Crippen LogP contribution is 2.13. The number of hydrogen-bond donors (Lipinski definition) is 2. The van der Waals surface area contributed by atoms with E-state index in [9.17, 15) is 4.79 Å². The fraction of sp³-hybridized carbons (Fsp3) is 0.412. The number of nitrogens with one attached hydrogen (secondary N) is 1. The molecule has 0 unspecified atom stereocenters. The lowest BCUT2D eigenvalue weighted by atomic mass is 10.2. The first-order valence-corrected chi connectivity index (χ1v) is 8.75. The lowest BCUT2D eigenvalue weighted by Crippen LogP contribution is -2.23. The molecule has 26 heavy (non-hydrogen) atoms. The molecule has 2 aromatic rings. The minimum absolute atomic E-state index is 0. The summed E-state index contributed by atoms with van der Waals surface area (Å²) in [5, 5.41) is 5.53. The number of rotatable bonds is 9. The van der Waals surface area contributed by atoms with Gasteiger partial charge in [-0.15, -0.1) is 36.2 Å². The second kappa shape index (κ2) is 12.9. The Morgan fingerprint density at radius 2 is 1.96 bits per heavy atom. The molecule has 1 heterocycles. The van der Waals surface area contributed by atoms with Crippen molar-refractivity contribution in [1.82, 2.24) is 15.2 Å². The Kier molecular flexibility index (Phi) is 12.2. The SMILES string of the molecule is CN(C)CCOc1ccc(CNC(=O)c2csc(CCN)n2)cc1.Cl.Cl. The van der Waals surface area contributed by atoms with Crippen LogP contribution in [0, 0.1) is 0 Å². The minimum Gasteiger partial charge on any atom is -0.492 e. The number of likely N-dealkylation sites (N-methyl/N-ethyl adjacent to an activating group) is 1. The zero-order valence-electron chi connectivity index (χ0n) is 14.9. The van der Waals surface area contributed by atoms with Crippen LogP contribution in [0.15, 0.2) is 29.6 Å². The summed E-state index contributed by atoms with van der Waals surface area (Å²) in [5.41, 5.74) is 6.96. The van der Waals surface area contributed by atoms with Crippen LogP contribution >= 0.6 is 36.2 Å². The van der Waals surface area contributed by atoms with E-state index in [1.807, 2.05) is 38.4 Å². The number of aromatic nitrogens is 1. The van der Waals surface area contributed by atoms with Crippen molar-refractivity contribution in [3.8, 4) is 5.75 Å². The van der Waals surface area contributed by atoms with E-state index in [0.29, 0.717) is 31.8 Å². The molecular formula is C17H26Cl2N4O2S. The maximum absolute atomic E-state index is 12.1. The summed E-state index contributed by atoms with van der Waals surface area (Å²) in [6.07, 6.45) is 0.702. The minimum atomic E-state index is -0.166. The Morgan fingerprint density at radius 3 is 2.58 bits per heavy atom. The molecule has 1 aromatic heterocycles. The van der Waals surface area contributed by atoms with Gasteiger partial charge < -0.3 is 20.7 Å². The van der Waals surface area contributed by atoms with E-state index in [1.54, 1.807) is 5.38 Å². The van der Waals surface area contributed by atoms with E-state index >= 15 is 0 Å². The molecule has 2 rings (SSSR count). The number of hydrogen-bond acceptors (Lipinski definition) is 6. The van der Waals surface area contributed by atoms with Crippen molar-refractivity contribution in [2.45, 2.75) is 13.0 Å². The third-order valence-corrected chi connectivity index (χ3v) is 4.23. The molecule has 0 spiro atoms. The van der Waals surface area contributed by atoms with Gasteiger partial charge in [-0.2, -0.15) is 0 Å². The second-order valence-corrected chi connectivity index (χ2v) is 6.59. The quantitative estimate of drug-likeness (QED) is 0.650. The molecule has 0 aliphatic carbocycles. The summed E-state index contributed by atoms with van der Waals surface area (Å²) in [4.78, 5) is 18.4. The first-order chi connectivity index (χ1) is 11.6. The van der Waals surface area contributed by atoms with Gasteiger partial charge >= 0.3 is 0 Å². The normalized spacial score (nSPS) is 10.0. The molecule has 0 aliphatic heterocycles. The topological polar surface area (TPSA) is 80.5 Å². The molecule has 1 aromatic carbocycles. The van der Waals surface area contributed by atoms with E-state index in [4.69, 9.17) is 10.5 Å². The zero-order valence-corrected chi connectivity index (χ0v) is 17.4. The molecule has 0 radical (unpaired) electrons. The lowest BCUT2D eigenvalue weighted by Gasteiger charge is -2.11. The molecular weight excluding hydrogens is 395 g/mol. The standard InChI is InChI=1S/C17H24N4O2S.2ClH/c1-21(2)9-10-23-14-5-3-13(4-6-14)11-19-17(22)15-12-24-16(20-15)7-8-18;;/h3-6,12H,7-11,18H2,1-2H3,(H,19,22);2*1H. The molecule has 3 N–H and O–H groups in total. The van der Waals surface area contributed by atoms with Crippen molar-refractivity contribution in [2.24, 2.45) is 5.73 Å². The van der Waals surface area contributed by atoms with Crippen LogP contribution in [0.1, 0.15) is 21.1 Å². The molecule has 0 atom stereocenters. The Labute approximate surface area is 170 Å². The van der Waals surface area contributed by atoms with Gasteiger partial charge in [0.1, 0.15) is 18.1 Å². The fourth-order valence-corrected chi connectivity index (χ4v) is 2.77. The summed E-state index contributed by atoms with van der Waals surface area (Å²) >= 11 is 1.46. The van der Waals surface area contributed by atoms with Gasteiger partial charge in [-0.05, 0) is 38.3 Å². The number of carbonyl (C=O) groups excluding carboxylic acids is 1. The summed E-state index contributed by atoms with van der Waals surface area (Å²) in [6, 6.07) is 7.73. The first-order valence-electron chi connectivity index (χ1n) is 7.87. The summed E-state index contributed by atoms with van der Waals surface area (Å²) in [7, 11) is 4.02. The van der Waals surface area contributed by atoms with Gasteiger partial charge in [-0.3, -0.25) is 4.79 Å². The maximum atomic E-state index is 12.1. The van der Waals surface area contributed by atoms with Crippen molar-refractivity contribution in [3.05, 3.63) is 45.9 Å². The average molecular weight is 421 g/mol. The Hall–Kier alpha value is -1.38. The van der Waals surface area contributed by atoms with Crippen molar-refractivity contribution in [3.63, 3.8) is 0 Å². The van der Waals surface area contributed by atoms with Crippen LogP contribution in [0.5, 0.6) is 5.75 Å². The predicted octanol–water partition coefficient (Wildman–Crippen LogP) is 2.36. The molecule has 0 saturated heterocycles. The number of halogens is 2. The third-order valence-electron chi connectivity index (χ3n) is 3.33. The van der Waals surface area contributed by atoms with E-state index in [1.165, 1.54) is 11.3 Å². The first kappa shape index (κ1) is 24.6. The molecule has 0 saturated carbocycles. The van der Waals surface area contributed by atoms with Crippen molar-refractivity contribution in [2.75, 3.05) is 33.8 Å². The number of ether oxygens (including phenoxy) is 1. The smallest absolute Gasteiger partial charge is 0.271 e. The van der Waals surface area contributed by atoms with Gasteiger partial charge in [-0.25, -0.2) is 4.98 Å². The number of thiazole rings is 1. The number of nitrogens with zero attached hydrogens (tertiary/aromatic N) is 2. The van der Waals surface area contributed by atoms with Gasteiger partial charge in [0.15, 0.2) is 0 Å². The van der Waals surface area contributed by atoms with E-state index in [-0.39, 0.29) is 30.7 Å². The third kappa shape index (κ3) is 8.33. The van der Waals surface area contributed by atoms with Crippen LogP contribution < -0.4 is 15.8 Å². The number of nitrogens with two attached hydrogens (primary N) is 1. The maximum Gasteiger partial charge on any atom is 0.271 e. The van der Waals surface area contributed by atoms with E-state index < -0.39 is 0 Å². The molecule has 146 valence electrons. The summed E-state index contributed by atoms with van der Waals surface area (Å²) in [5.74, 6) is 0.665. The summed E-state index contributed by atoms with van der Waals surface area (Å²) in [6.45, 7) is 2.52. The highest BCUT2D eigenvalue weighted by atomic mass is 35.5. The van der Waals surface area contributed by atoms with Gasteiger partial charge in [-0.1, -0.05) is 12.1 Å². The summed E-state index contributed by atoms with van der Waals surface area (Å²) < 4.78 is 5.64. The monoisotopic (exact) mass is 420 g/mol. The fourth-order valence-electron chi connectivity index (χ4n) is 1.98. The number of carbonyl (C=O) groups is 1. The number of benzene rings is 1. The Balaban J connectivity index is 0.00000312. The van der Waals surface area contributed by atoms with Crippen LogP contribution in [0.4, 0.5) is 0 Å². The Morgan fingerprint density at radius 1 is 1.27 bits per heavy atom. The van der Waals surface area contributed by atoms with E-state index in [0.717, 1.165) is 22.9 Å². The number of amides is 1. The Bertz CT molecular complexity index is 650. The van der Waals surface area contributed by atoms with Crippen LogP contribution in [-0.4, -0.2) is 49.6 Å². The highest BCUT2D eigenvalue weighted by Gasteiger charge is 2.10. The molecule has 0 aliphatic rings. The second-order valence-electron chi connectivity index (χ2n) is 5.64. The lowest BCUT2D eigenvalue weighted by molar-refractivity contribution is 0.0946. The van der Waals surface area contributed by atoms with Crippen molar-refractivity contribution < 1.29 is 9.53 Å². The van der Waals surface area contributed by atoms with Gasteiger partial charge in [0.2, 0.25) is 0 Å². The van der Waals surface area contributed by atoms with Crippen LogP contribution in [0.3, 0.4) is 0 Å². The predicted molar refractivity (Wildman–Crippen MR) is 111 cm³/mol. The average Bonchev–Trinajstić information content (AvgIpc) is 3.02. The highest BCUT2D eigenvalue weighted by molar-refractivity contribution is 7.09. The molecule has 0 bridgehead atoms. The van der Waals surface area contributed by atoms with E-state index in [2.05, 4.69) is 15.2 Å². The van der Waals surface area contributed by atoms with Crippen LogP contribution in [0.2, 0.25) is 0 Å². The molecule has 6 nitrogen and oxygen atoms in total. The van der Waals surface area contributed by atoms with Gasteiger partial charge in [0.05, 0.1) is 5.01 Å². The zero-order chi connectivity index (χ0) is 17.4. The van der Waals surface area contributed by atoms with Crippen LogP contribution in [-0.2, 0) is 13.0 Å². The van der Waals surface area contributed by atoms with Gasteiger partial charge in [0, 0.05) is 24.9 Å².